The number of hydrogen-bond donors (Lipinski definition) is 1. The van der Waals surface area contributed by atoms with Crippen LogP contribution in [-0.4, -0.2) is 25.7 Å². The lowest BCUT2D eigenvalue weighted by molar-refractivity contribution is -0.120. The molecule has 0 unspecified atom stereocenters. The molecule has 2 aromatic rings. The van der Waals surface area contributed by atoms with Crippen LogP contribution in [0.1, 0.15) is 37.7 Å². The van der Waals surface area contributed by atoms with E-state index in [0.29, 0.717) is 12.2 Å². The van der Waals surface area contributed by atoms with Crippen LogP contribution in [0.2, 0.25) is 0 Å². The Kier molecular flexibility index (Phi) is 6.29. The van der Waals surface area contributed by atoms with Gasteiger partial charge in [-0.05, 0) is 42.7 Å². The molecule has 1 N–H and O–H groups in total. The van der Waals surface area contributed by atoms with E-state index in [1.807, 2.05) is 30.3 Å². The predicted molar refractivity (Wildman–Crippen MR) is 107 cm³/mol. The molecule has 0 radical (unpaired) electrons. The van der Waals surface area contributed by atoms with Crippen molar-refractivity contribution in [3.05, 3.63) is 60.2 Å². The second-order valence-corrected chi connectivity index (χ2v) is 9.14. The summed E-state index contributed by atoms with van der Waals surface area (Å²) in [6.07, 6.45) is 5.27. The molecule has 0 atom stereocenters. The van der Waals surface area contributed by atoms with E-state index in [1.165, 1.54) is 10.7 Å². The van der Waals surface area contributed by atoms with Crippen LogP contribution >= 0.6 is 0 Å². The van der Waals surface area contributed by atoms with Crippen LogP contribution in [0.3, 0.4) is 0 Å². The Morgan fingerprint density at radius 2 is 1.63 bits per heavy atom. The topological polar surface area (TPSA) is 66.5 Å². The van der Waals surface area contributed by atoms with Gasteiger partial charge in [0, 0.05) is 25.2 Å². The number of benzene rings is 2. The van der Waals surface area contributed by atoms with Crippen LogP contribution in [0.25, 0.3) is 0 Å². The van der Waals surface area contributed by atoms with Crippen molar-refractivity contribution in [2.75, 3.05) is 12.4 Å². The molecule has 1 aliphatic rings. The van der Waals surface area contributed by atoms with Gasteiger partial charge in [0.15, 0.2) is 0 Å². The summed E-state index contributed by atoms with van der Waals surface area (Å²) in [5.41, 5.74) is 1.56. The van der Waals surface area contributed by atoms with Crippen molar-refractivity contribution in [2.45, 2.75) is 43.5 Å². The molecule has 27 heavy (non-hydrogen) atoms. The van der Waals surface area contributed by atoms with E-state index in [4.69, 9.17) is 0 Å². The average molecular weight is 387 g/mol. The van der Waals surface area contributed by atoms with Crippen LogP contribution in [0.5, 0.6) is 0 Å². The van der Waals surface area contributed by atoms with Crippen LogP contribution in [0.15, 0.2) is 59.5 Å². The highest BCUT2D eigenvalue weighted by Gasteiger charge is 2.23. The highest BCUT2D eigenvalue weighted by Crippen LogP contribution is 2.25. The van der Waals surface area contributed by atoms with Crippen molar-refractivity contribution in [1.82, 2.24) is 4.31 Å². The summed E-state index contributed by atoms with van der Waals surface area (Å²) in [6, 6.07) is 15.9. The molecule has 144 valence electrons. The molecular formula is C21H26N2O3S. The van der Waals surface area contributed by atoms with Gasteiger partial charge in [0.25, 0.3) is 0 Å². The van der Waals surface area contributed by atoms with Gasteiger partial charge < -0.3 is 5.32 Å². The van der Waals surface area contributed by atoms with Crippen LogP contribution in [0, 0.1) is 5.92 Å². The summed E-state index contributed by atoms with van der Waals surface area (Å²) in [5.74, 6) is 0.102. The van der Waals surface area contributed by atoms with E-state index in [0.717, 1.165) is 31.2 Å². The van der Waals surface area contributed by atoms with Gasteiger partial charge in [-0.25, -0.2) is 8.42 Å². The van der Waals surface area contributed by atoms with Crippen molar-refractivity contribution in [1.29, 1.82) is 0 Å². The van der Waals surface area contributed by atoms with Crippen LogP contribution in [-0.2, 0) is 21.4 Å². The highest BCUT2D eigenvalue weighted by atomic mass is 32.2. The van der Waals surface area contributed by atoms with Crippen LogP contribution < -0.4 is 5.32 Å². The lowest BCUT2D eigenvalue weighted by Gasteiger charge is -2.21. The average Bonchev–Trinajstić information content (AvgIpc) is 2.70. The minimum absolute atomic E-state index is 0.0338. The zero-order chi connectivity index (χ0) is 19.3. The molecule has 1 aliphatic carbocycles. The standard InChI is InChI=1S/C21H26N2O3S/c1-23(16-17-8-4-2-5-9-17)27(25,26)20-14-12-19(13-15-20)22-21(24)18-10-6-3-7-11-18/h2,4-5,8-9,12-15,18H,3,6-7,10-11,16H2,1H3,(H,22,24). The first kappa shape index (κ1) is 19.6. The van der Waals surface area contributed by atoms with E-state index >= 15 is 0 Å². The lowest BCUT2D eigenvalue weighted by atomic mass is 9.88. The van der Waals surface area contributed by atoms with Crippen molar-refractivity contribution in [3.8, 4) is 0 Å². The van der Waals surface area contributed by atoms with Gasteiger partial charge in [0.2, 0.25) is 15.9 Å². The number of nitrogens with one attached hydrogen (secondary N) is 1. The monoisotopic (exact) mass is 386 g/mol. The maximum Gasteiger partial charge on any atom is 0.243 e. The Morgan fingerprint density at radius 1 is 1.00 bits per heavy atom. The summed E-state index contributed by atoms with van der Waals surface area (Å²) < 4.78 is 26.8. The molecule has 0 aromatic heterocycles. The third kappa shape index (κ3) is 4.96. The minimum Gasteiger partial charge on any atom is -0.326 e. The zero-order valence-electron chi connectivity index (χ0n) is 15.6. The molecule has 0 heterocycles. The summed E-state index contributed by atoms with van der Waals surface area (Å²) in [5, 5.41) is 2.91. The highest BCUT2D eigenvalue weighted by molar-refractivity contribution is 7.89. The van der Waals surface area contributed by atoms with E-state index in [1.54, 1.807) is 31.3 Å². The molecule has 6 heteroatoms. The Bertz CT molecular complexity index is 858. The summed E-state index contributed by atoms with van der Waals surface area (Å²) in [4.78, 5) is 12.5. The molecule has 1 saturated carbocycles. The van der Waals surface area contributed by atoms with E-state index in [9.17, 15) is 13.2 Å². The van der Waals surface area contributed by atoms with Gasteiger partial charge in [-0.1, -0.05) is 49.6 Å². The third-order valence-corrected chi connectivity index (χ3v) is 6.87. The number of carbonyl (C=O) groups excluding carboxylic acids is 1. The van der Waals surface area contributed by atoms with Crippen molar-refractivity contribution in [2.24, 2.45) is 5.92 Å². The second kappa shape index (κ2) is 8.67. The van der Waals surface area contributed by atoms with Gasteiger partial charge in [-0.15, -0.1) is 0 Å². The molecule has 5 nitrogen and oxygen atoms in total. The number of nitrogens with zero attached hydrogens (tertiary/aromatic N) is 1. The SMILES string of the molecule is CN(Cc1ccccc1)S(=O)(=O)c1ccc(NC(=O)C2CCCCC2)cc1. The number of amides is 1. The normalized spacial score (nSPS) is 15.6. The quantitative estimate of drug-likeness (QED) is 0.815. The molecule has 1 amide bonds. The number of carbonyl (C=O) groups is 1. The van der Waals surface area contributed by atoms with E-state index in [2.05, 4.69) is 5.32 Å². The molecule has 0 bridgehead atoms. The van der Waals surface area contributed by atoms with Crippen molar-refractivity contribution >= 4 is 21.6 Å². The van der Waals surface area contributed by atoms with Gasteiger partial charge in [-0.3, -0.25) is 4.79 Å². The first-order valence-corrected chi connectivity index (χ1v) is 10.8. The first-order chi connectivity index (χ1) is 13.0. The fourth-order valence-electron chi connectivity index (χ4n) is 3.42. The lowest BCUT2D eigenvalue weighted by Crippen LogP contribution is -2.26. The Balaban J connectivity index is 1.65. The molecule has 2 aromatic carbocycles. The minimum atomic E-state index is -3.58. The molecular weight excluding hydrogens is 360 g/mol. The number of sulfonamides is 1. The predicted octanol–water partition coefficient (Wildman–Crippen LogP) is 4.03. The molecule has 0 saturated heterocycles. The Morgan fingerprint density at radius 3 is 2.26 bits per heavy atom. The van der Waals surface area contributed by atoms with Gasteiger partial charge >= 0.3 is 0 Å². The maximum absolute atomic E-state index is 12.8. The van der Waals surface area contributed by atoms with Gasteiger partial charge in [0.05, 0.1) is 4.90 Å². The zero-order valence-corrected chi connectivity index (χ0v) is 16.4. The Hall–Kier alpha value is -2.18. The summed E-state index contributed by atoms with van der Waals surface area (Å²) in [7, 11) is -2.01. The molecule has 0 aliphatic heterocycles. The Labute approximate surface area is 161 Å². The fraction of sp³-hybridized carbons (Fsp3) is 0.381. The number of anilines is 1. The number of hydrogen-bond acceptors (Lipinski definition) is 3. The van der Waals surface area contributed by atoms with Gasteiger partial charge in [-0.2, -0.15) is 4.31 Å². The van der Waals surface area contributed by atoms with E-state index < -0.39 is 10.0 Å². The second-order valence-electron chi connectivity index (χ2n) is 7.10. The molecule has 3 rings (SSSR count). The smallest absolute Gasteiger partial charge is 0.243 e. The maximum atomic E-state index is 12.8. The van der Waals surface area contributed by atoms with Crippen molar-refractivity contribution < 1.29 is 13.2 Å². The summed E-state index contributed by atoms with van der Waals surface area (Å²) in [6.45, 7) is 0.309. The first-order valence-electron chi connectivity index (χ1n) is 9.38. The third-order valence-electron chi connectivity index (χ3n) is 5.05. The van der Waals surface area contributed by atoms with Crippen LogP contribution in [0.4, 0.5) is 5.69 Å². The van der Waals surface area contributed by atoms with E-state index in [-0.39, 0.29) is 16.7 Å². The van der Waals surface area contributed by atoms with Crippen molar-refractivity contribution in [3.63, 3.8) is 0 Å². The largest absolute Gasteiger partial charge is 0.326 e. The number of rotatable bonds is 6. The fourth-order valence-corrected chi connectivity index (χ4v) is 4.58. The summed E-state index contributed by atoms with van der Waals surface area (Å²) >= 11 is 0. The molecule has 1 fully saturated rings. The molecule has 0 spiro atoms. The van der Waals surface area contributed by atoms with Gasteiger partial charge in [0.1, 0.15) is 0 Å².